The first kappa shape index (κ1) is 17.2. The third kappa shape index (κ3) is 4.92. The summed E-state index contributed by atoms with van der Waals surface area (Å²) < 4.78 is 22.7. The molecule has 0 radical (unpaired) electrons. The number of nitrogens with two attached hydrogens (primary N) is 2. The number of halogens is 1. The quantitative estimate of drug-likeness (QED) is 0.667. The lowest BCUT2D eigenvalue weighted by Crippen LogP contribution is -2.15. The molecule has 1 amide bonds. The fourth-order valence-corrected chi connectivity index (χ4v) is 2.72. The Hall–Kier alpha value is -2.16. The molecule has 122 valence electrons. The Bertz CT molecular complexity index is 840. The molecule has 0 spiro atoms. The highest BCUT2D eigenvalue weighted by atomic mass is 35.5. The molecule has 1 heterocycles. The van der Waals surface area contributed by atoms with Gasteiger partial charge in [0.15, 0.2) is 0 Å². The number of pyridine rings is 1. The van der Waals surface area contributed by atoms with Gasteiger partial charge in [0.2, 0.25) is 15.9 Å². The fourth-order valence-electron chi connectivity index (χ4n) is 1.98. The van der Waals surface area contributed by atoms with E-state index >= 15 is 0 Å². The van der Waals surface area contributed by atoms with Crippen molar-refractivity contribution in [2.45, 2.75) is 17.9 Å². The zero-order valence-electron chi connectivity index (χ0n) is 12.0. The van der Waals surface area contributed by atoms with Gasteiger partial charge in [-0.05, 0) is 23.8 Å². The fraction of sp³-hybridized carbons (Fsp3) is 0.143. The second-order valence-electron chi connectivity index (χ2n) is 4.85. The molecule has 2 rings (SSSR count). The van der Waals surface area contributed by atoms with E-state index in [4.69, 9.17) is 22.5 Å². The summed E-state index contributed by atoms with van der Waals surface area (Å²) in [5.74, 6) is -0.492. The Balaban J connectivity index is 2.21. The molecule has 0 saturated carbocycles. The molecule has 0 bridgehead atoms. The number of primary amides is 1. The van der Waals surface area contributed by atoms with Crippen LogP contribution < -0.4 is 16.2 Å². The van der Waals surface area contributed by atoms with Crippen LogP contribution in [0.25, 0.3) is 0 Å². The number of nitrogens with zero attached hydrogens (tertiary/aromatic N) is 1. The van der Waals surface area contributed by atoms with Crippen molar-refractivity contribution >= 4 is 33.2 Å². The summed E-state index contributed by atoms with van der Waals surface area (Å²) in [6.07, 6.45) is 1.49. The van der Waals surface area contributed by atoms with Crippen molar-refractivity contribution in [1.29, 1.82) is 0 Å². The molecule has 0 atom stereocenters. The molecular weight excluding hydrogens is 340 g/mol. The van der Waals surface area contributed by atoms with Crippen LogP contribution in [-0.4, -0.2) is 19.3 Å². The van der Waals surface area contributed by atoms with E-state index in [2.05, 4.69) is 10.3 Å². The summed E-state index contributed by atoms with van der Waals surface area (Å²) >= 11 is 5.86. The molecule has 7 nitrogen and oxygen atoms in total. The number of nitrogens with one attached hydrogen (secondary N) is 1. The summed E-state index contributed by atoms with van der Waals surface area (Å²) in [6, 6.07) is 7.81. The predicted molar refractivity (Wildman–Crippen MR) is 87.3 cm³/mol. The van der Waals surface area contributed by atoms with Gasteiger partial charge in [0.05, 0.1) is 11.3 Å². The van der Waals surface area contributed by atoms with E-state index in [1.807, 2.05) is 0 Å². The molecular formula is C14H15ClN4O3S. The van der Waals surface area contributed by atoms with E-state index in [0.717, 1.165) is 0 Å². The smallest absolute Gasteiger partial charge is 0.238 e. The number of hydrogen-bond acceptors (Lipinski definition) is 5. The number of carbonyl (C=O) groups is 1. The van der Waals surface area contributed by atoms with Crippen molar-refractivity contribution in [1.82, 2.24) is 4.98 Å². The van der Waals surface area contributed by atoms with Gasteiger partial charge in [-0.15, -0.1) is 0 Å². The Labute approximate surface area is 138 Å². The number of amides is 1. The molecule has 1 aromatic heterocycles. The number of aromatic nitrogens is 1. The maximum Gasteiger partial charge on any atom is 0.238 e. The SMILES string of the molecule is NC(=O)Cc1cnc(Cl)cc1NCc1cccc(S(N)(=O)=O)c1. The van der Waals surface area contributed by atoms with Gasteiger partial charge in [-0.3, -0.25) is 4.79 Å². The van der Waals surface area contributed by atoms with Crippen molar-refractivity contribution in [3.05, 3.63) is 52.8 Å². The van der Waals surface area contributed by atoms with Crippen molar-refractivity contribution in [3.8, 4) is 0 Å². The van der Waals surface area contributed by atoms with Crippen LogP contribution in [0.4, 0.5) is 5.69 Å². The lowest BCUT2D eigenvalue weighted by Gasteiger charge is -2.12. The average molecular weight is 355 g/mol. The van der Waals surface area contributed by atoms with E-state index in [-0.39, 0.29) is 16.5 Å². The Morgan fingerprint density at radius 2 is 2.04 bits per heavy atom. The van der Waals surface area contributed by atoms with E-state index in [1.165, 1.54) is 18.3 Å². The lowest BCUT2D eigenvalue weighted by molar-refractivity contribution is -0.117. The van der Waals surface area contributed by atoms with Gasteiger partial charge in [0, 0.05) is 24.0 Å². The standard InChI is InChI=1S/C14H15ClN4O3S/c15-13-6-12(10(8-19-13)5-14(16)20)18-7-9-2-1-3-11(4-9)23(17,21)22/h1-4,6,8H,5,7H2,(H2,16,20)(H,18,19)(H2,17,21,22). The topological polar surface area (TPSA) is 128 Å². The Morgan fingerprint density at radius 3 is 2.70 bits per heavy atom. The minimum atomic E-state index is -3.76. The Morgan fingerprint density at radius 1 is 1.30 bits per heavy atom. The highest BCUT2D eigenvalue weighted by molar-refractivity contribution is 7.89. The lowest BCUT2D eigenvalue weighted by atomic mass is 10.1. The molecule has 0 aliphatic heterocycles. The van der Waals surface area contributed by atoms with Crippen LogP contribution in [0.3, 0.4) is 0 Å². The molecule has 23 heavy (non-hydrogen) atoms. The van der Waals surface area contributed by atoms with Crippen molar-refractivity contribution in [2.24, 2.45) is 10.9 Å². The number of benzene rings is 1. The second-order valence-corrected chi connectivity index (χ2v) is 6.80. The van der Waals surface area contributed by atoms with Gasteiger partial charge in [0.25, 0.3) is 0 Å². The first-order valence-corrected chi connectivity index (χ1v) is 8.46. The third-order valence-electron chi connectivity index (χ3n) is 3.03. The first-order valence-electron chi connectivity index (χ1n) is 6.54. The molecule has 5 N–H and O–H groups in total. The van der Waals surface area contributed by atoms with Gasteiger partial charge in [-0.2, -0.15) is 0 Å². The number of rotatable bonds is 6. The molecule has 0 aliphatic rings. The highest BCUT2D eigenvalue weighted by Gasteiger charge is 2.10. The van der Waals surface area contributed by atoms with E-state index < -0.39 is 15.9 Å². The minimum absolute atomic E-state index is 0.0176. The Kier molecular flexibility index (Phi) is 5.19. The largest absolute Gasteiger partial charge is 0.381 e. The maximum atomic E-state index is 11.4. The molecule has 2 aromatic rings. The van der Waals surface area contributed by atoms with Crippen molar-refractivity contribution in [3.63, 3.8) is 0 Å². The van der Waals surface area contributed by atoms with Gasteiger partial charge < -0.3 is 11.1 Å². The molecule has 1 aromatic carbocycles. The van der Waals surface area contributed by atoms with Crippen LogP contribution in [-0.2, 0) is 27.8 Å². The molecule has 9 heteroatoms. The molecule has 0 unspecified atom stereocenters. The van der Waals surface area contributed by atoms with E-state index in [0.29, 0.717) is 23.4 Å². The summed E-state index contributed by atoms with van der Waals surface area (Å²) in [6.45, 7) is 0.315. The van der Waals surface area contributed by atoms with Crippen LogP contribution >= 0.6 is 11.6 Å². The second kappa shape index (κ2) is 6.95. The number of hydrogen-bond donors (Lipinski definition) is 3. The number of primary sulfonamides is 1. The van der Waals surface area contributed by atoms with Crippen LogP contribution in [0.5, 0.6) is 0 Å². The molecule has 0 aliphatic carbocycles. The summed E-state index contributed by atoms with van der Waals surface area (Å²) in [7, 11) is -3.76. The predicted octanol–water partition coefficient (Wildman–Crippen LogP) is 1.02. The number of anilines is 1. The maximum absolute atomic E-state index is 11.4. The highest BCUT2D eigenvalue weighted by Crippen LogP contribution is 2.20. The van der Waals surface area contributed by atoms with Gasteiger partial charge >= 0.3 is 0 Å². The zero-order valence-corrected chi connectivity index (χ0v) is 13.6. The van der Waals surface area contributed by atoms with Crippen LogP contribution in [0.15, 0.2) is 41.4 Å². The van der Waals surface area contributed by atoms with Crippen LogP contribution in [0, 0.1) is 0 Å². The van der Waals surface area contributed by atoms with Gasteiger partial charge in [-0.25, -0.2) is 18.5 Å². The third-order valence-corrected chi connectivity index (χ3v) is 4.15. The molecule has 0 fully saturated rings. The first-order chi connectivity index (χ1) is 10.8. The molecule has 0 saturated heterocycles. The van der Waals surface area contributed by atoms with E-state index in [9.17, 15) is 13.2 Å². The zero-order chi connectivity index (χ0) is 17.0. The summed E-state index contributed by atoms with van der Waals surface area (Å²) in [5.41, 5.74) is 7.10. The van der Waals surface area contributed by atoms with Crippen LogP contribution in [0.2, 0.25) is 5.15 Å². The van der Waals surface area contributed by atoms with Crippen LogP contribution in [0.1, 0.15) is 11.1 Å². The monoisotopic (exact) mass is 354 g/mol. The van der Waals surface area contributed by atoms with Crippen molar-refractivity contribution < 1.29 is 13.2 Å². The number of sulfonamides is 1. The number of carbonyl (C=O) groups excluding carboxylic acids is 1. The summed E-state index contributed by atoms with van der Waals surface area (Å²) in [4.78, 5) is 15.0. The van der Waals surface area contributed by atoms with Crippen molar-refractivity contribution in [2.75, 3.05) is 5.32 Å². The van der Waals surface area contributed by atoms with Gasteiger partial charge in [-0.1, -0.05) is 23.7 Å². The summed E-state index contributed by atoms with van der Waals surface area (Å²) in [5, 5.41) is 8.46. The average Bonchev–Trinajstić information content (AvgIpc) is 2.46. The van der Waals surface area contributed by atoms with E-state index in [1.54, 1.807) is 18.2 Å². The normalized spacial score (nSPS) is 11.2. The van der Waals surface area contributed by atoms with Gasteiger partial charge in [0.1, 0.15) is 5.15 Å². The minimum Gasteiger partial charge on any atom is -0.381 e.